The van der Waals surface area contributed by atoms with Gasteiger partial charge in [-0.3, -0.25) is 4.79 Å². The molecule has 2 heterocycles. The molecule has 1 N–H and O–H groups in total. The largest absolute Gasteiger partial charge is 0.448 e. The van der Waals surface area contributed by atoms with Crippen molar-refractivity contribution in [1.82, 2.24) is 9.78 Å². The molecular formula is C24H22ClN3O3S. The minimum Gasteiger partial charge on any atom is -0.448 e. The van der Waals surface area contributed by atoms with Crippen LogP contribution >= 0.6 is 22.9 Å². The third-order valence-corrected chi connectivity index (χ3v) is 6.54. The predicted octanol–water partition coefficient (Wildman–Crippen LogP) is 5.85. The fourth-order valence-corrected chi connectivity index (χ4v) is 4.61. The number of rotatable bonds is 5. The van der Waals surface area contributed by atoms with Crippen LogP contribution in [0.1, 0.15) is 33.4 Å². The number of aromatic nitrogens is 2. The number of amides is 1. The van der Waals surface area contributed by atoms with Gasteiger partial charge in [-0.05, 0) is 69.2 Å². The first kappa shape index (κ1) is 22.0. The van der Waals surface area contributed by atoms with E-state index in [2.05, 4.69) is 10.4 Å². The molecule has 164 valence electrons. The molecular weight excluding hydrogens is 446 g/mol. The van der Waals surface area contributed by atoms with Gasteiger partial charge < -0.3 is 10.1 Å². The Morgan fingerprint density at radius 1 is 1.09 bits per heavy atom. The first-order valence-corrected chi connectivity index (χ1v) is 11.3. The van der Waals surface area contributed by atoms with Gasteiger partial charge in [-0.2, -0.15) is 5.10 Å². The lowest BCUT2D eigenvalue weighted by molar-refractivity contribution is -0.123. The summed E-state index contributed by atoms with van der Waals surface area (Å²) in [6, 6.07) is 14.8. The summed E-state index contributed by atoms with van der Waals surface area (Å²) < 4.78 is 7.24. The lowest BCUT2D eigenvalue weighted by Gasteiger charge is -2.15. The fourth-order valence-electron chi connectivity index (χ4n) is 3.41. The molecule has 6 nitrogen and oxygen atoms in total. The minimum absolute atomic E-state index is 0.375. The van der Waals surface area contributed by atoms with Crippen molar-refractivity contribution in [2.24, 2.45) is 0 Å². The van der Waals surface area contributed by atoms with Crippen LogP contribution in [-0.4, -0.2) is 27.8 Å². The number of thiophene rings is 1. The number of nitrogens with one attached hydrogen (secondary N) is 1. The molecule has 1 unspecified atom stereocenters. The standard InChI is InChI=1S/C24H22ClN3O3S/c1-13-6-5-7-14(2)21(13)26-22(29)16(4)31-24(30)20-12-19-15(3)27-28(23(19)32-20)18-10-8-17(25)9-11-18/h5-12,16H,1-4H3,(H,26,29). The normalized spacial score (nSPS) is 12.0. The third kappa shape index (κ3) is 4.26. The Balaban J connectivity index is 1.53. The van der Waals surface area contributed by atoms with E-state index in [0.717, 1.165) is 38.4 Å². The van der Waals surface area contributed by atoms with Crippen LogP contribution in [0.25, 0.3) is 15.9 Å². The Kier molecular flexibility index (Phi) is 6.04. The molecule has 0 bridgehead atoms. The maximum atomic E-state index is 12.8. The van der Waals surface area contributed by atoms with Gasteiger partial charge in [-0.15, -0.1) is 11.3 Å². The van der Waals surface area contributed by atoms with Crippen molar-refractivity contribution < 1.29 is 14.3 Å². The van der Waals surface area contributed by atoms with Crippen LogP contribution in [0, 0.1) is 20.8 Å². The van der Waals surface area contributed by atoms with Gasteiger partial charge >= 0.3 is 5.97 Å². The van der Waals surface area contributed by atoms with E-state index >= 15 is 0 Å². The van der Waals surface area contributed by atoms with E-state index in [1.165, 1.54) is 11.3 Å². The minimum atomic E-state index is -0.944. The van der Waals surface area contributed by atoms with Crippen molar-refractivity contribution in [2.45, 2.75) is 33.8 Å². The number of carbonyl (C=O) groups excluding carboxylic acids is 2. The summed E-state index contributed by atoms with van der Waals surface area (Å²) in [5.74, 6) is -0.919. The number of anilines is 1. The van der Waals surface area contributed by atoms with Gasteiger partial charge in [-0.25, -0.2) is 9.48 Å². The summed E-state index contributed by atoms with van der Waals surface area (Å²) in [7, 11) is 0. The zero-order valence-electron chi connectivity index (χ0n) is 18.1. The molecule has 4 aromatic rings. The number of hydrogen-bond donors (Lipinski definition) is 1. The molecule has 0 aliphatic carbocycles. The fraction of sp³-hybridized carbons (Fsp3) is 0.208. The molecule has 1 amide bonds. The Bertz CT molecular complexity index is 1300. The van der Waals surface area contributed by atoms with E-state index in [4.69, 9.17) is 16.3 Å². The maximum absolute atomic E-state index is 12.8. The van der Waals surface area contributed by atoms with Crippen molar-refractivity contribution in [2.75, 3.05) is 5.32 Å². The highest BCUT2D eigenvalue weighted by Gasteiger charge is 2.23. The number of para-hydroxylation sites is 1. The second-order valence-corrected chi connectivity index (χ2v) is 9.07. The molecule has 1 atom stereocenters. The van der Waals surface area contributed by atoms with Gasteiger partial charge in [-0.1, -0.05) is 29.8 Å². The number of carbonyl (C=O) groups is 2. The van der Waals surface area contributed by atoms with Crippen LogP contribution in [-0.2, 0) is 9.53 Å². The Hall–Kier alpha value is -3.16. The second kappa shape index (κ2) is 8.76. The molecule has 8 heteroatoms. The Morgan fingerprint density at radius 2 is 1.75 bits per heavy atom. The number of esters is 1. The lowest BCUT2D eigenvalue weighted by atomic mass is 10.1. The van der Waals surface area contributed by atoms with E-state index in [9.17, 15) is 9.59 Å². The van der Waals surface area contributed by atoms with Gasteiger partial charge in [0.05, 0.1) is 11.4 Å². The van der Waals surface area contributed by atoms with Crippen molar-refractivity contribution in [3.63, 3.8) is 0 Å². The second-order valence-electron chi connectivity index (χ2n) is 7.61. The molecule has 0 aliphatic rings. The van der Waals surface area contributed by atoms with Gasteiger partial charge in [0.25, 0.3) is 5.91 Å². The van der Waals surface area contributed by atoms with E-state index < -0.39 is 12.1 Å². The summed E-state index contributed by atoms with van der Waals surface area (Å²) in [4.78, 5) is 26.6. The van der Waals surface area contributed by atoms with Gasteiger partial charge in [0.2, 0.25) is 0 Å². The SMILES string of the molecule is Cc1cccc(C)c1NC(=O)C(C)OC(=O)c1cc2c(C)nn(-c3ccc(Cl)cc3)c2s1. The molecule has 0 fully saturated rings. The predicted molar refractivity (Wildman–Crippen MR) is 128 cm³/mol. The number of ether oxygens (including phenoxy) is 1. The number of hydrogen-bond acceptors (Lipinski definition) is 5. The Morgan fingerprint density at radius 3 is 2.41 bits per heavy atom. The van der Waals surface area contributed by atoms with Crippen LogP contribution in [0.3, 0.4) is 0 Å². The zero-order valence-corrected chi connectivity index (χ0v) is 19.7. The zero-order chi connectivity index (χ0) is 23.0. The highest BCUT2D eigenvalue weighted by molar-refractivity contribution is 7.20. The summed E-state index contributed by atoms with van der Waals surface area (Å²) >= 11 is 7.27. The highest BCUT2D eigenvalue weighted by Crippen LogP contribution is 2.31. The quantitative estimate of drug-likeness (QED) is 0.373. The molecule has 2 aromatic carbocycles. The van der Waals surface area contributed by atoms with Crippen molar-refractivity contribution in [3.8, 4) is 5.69 Å². The van der Waals surface area contributed by atoms with Gasteiger partial charge in [0, 0.05) is 16.1 Å². The number of aryl methyl sites for hydroxylation is 3. The van der Waals surface area contributed by atoms with Crippen LogP contribution in [0.15, 0.2) is 48.5 Å². The number of nitrogens with zero attached hydrogens (tertiary/aromatic N) is 2. The molecule has 0 aliphatic heterocycles. The van der Waals surface area contributed by atoms with E-state index in [1.807, 2.05) is 51.1 Å². The molecule has 4 rings (SSSR count). The van der Waals surface area contributed by atoms with Crippen molar-refractivity contribution in [3.05, 3.63) is 75.3 Å². The van der Waals surface area contributed by atoms with E-state index in [0.29, 0.717) is 9.90 Å². The summed E-state index contributed by atoms with van der Waals surface area (Å²) in [5, 5.41) is 8.94. The monoisotopic (exact) mass is 467 g/mol. The van der Waals surface area contributed by atoms with Crippen molar-refractivity contribution in [1.29, 1.82) is 0 Å². The van der Waals surface area contributed by atoms with E-state index in [-0.39, 0.29) is 5.91 Å². The Labute approximate surface area is 194 Å². The number of halogens is 1. The average molecular weight is 468 g/mol. The lowest BCUT2D eigenvalue weighted by Crippen LogP contribution is -2.30. The first-order valence-electron chi connectivity index (χ1n) is 10.1. The smallest absolute Gasteiger partial charge is 0.349 e. The third-order valence-electron chi connectivity index (χ3n) is 5.20. The topological polar surface area (TPSA) is 73.2 Å². The molecule has 0 spiro atoms. The number of benzene rings is 2. The number of fused-ring (bicyclic) bond motifs is 1. The summed E-state index contributed by atoms with van der Waals surface area (Å²) in [5.41, 5.74) is 4.27. The molecule has 0 saturated heterocycles. The average Bonchev–Trinajstić information content (AvgIpc) is 3.32. The molecule has 2 aromatic heterocycles. The summed E-state index contributed by atoms with van der Waals surface area (Å²) in [6.45, 7) is 7.29. The van der Waals surface area contributed by atoms with Crippen LogP contribution in [0.5, 0.6) is 0 Å². The highest BCUT2D eigenvalue weighted by atomic mass is 35.5. The van der Waals surface area contributed by atoms with Crippen molar-refractivity contribution >= 4 is 50.7 Å². The van der Waals surface area contributed by atoms with Crippen LogP contribution in [0.2, 0.25) is 5.02 Å². The van der Waals surface area contributed by atoms with Gasteiger partial charge in [0.15, 0.2) is 6.10 Å². The first-order chi connectivity index (χ1) is 15.2. The molecule has 0 radical (unpaired) electrons. The summed E-state index contributed by atoms with van der Waals surface area (Å²) in [6.07, 6.45) is -0.944. The maximum Gasteiger partial charge on any atom is 0.349 e. The molecule has 0 saturated carbocycles. The van der Waals surface area contributed by atoms with Crippen LogP contribution < -0.4 is 5.32 Å². The van der Waals surface area contributed by atoms with E-state index in [1.54, 1.807) is 29.8 Å². The van der Waals surface area contributed by atoms with Crippen LogP contribution in [0.4, 0.5) is 5.69 Å². The van der Waals surface area contributed by atoms with Gasteiger partial charge in [0.1, 0.15) is 9.71 Å². The molecule has 32 heavy (non-hydrogen) atoms.